The molecular formula is C25H50O2. The zero-order valence-corrected chi connectivity index (χ0v) is 19.0. The predicted octanol–water partition coefficient (Wildman–Crippen LogP) is 8.62. The Kier molecular flexibility index (Phi) is 21.3. The first-order valence-electron chi connectivity index (χ1n) is 12.4. The van der Waals surface area contributed by atoms with Crippen LogP contribution in [0.15, 0.2) is 0 Å². The van der Waals surface area contributed by atoms with Gasteiger partial charge in [-0.2, -0.15) is 0 Å². The molecule has 0 aliphatic heterocycles. The fourth-order valence-corrected chi connectivity index (χ4v) is 3.83. The molecule has 0 saturated carbocycles. The minimum atomic E-state index is -0.0112. The highest BCUT2D eigenvalue weighted by atomic mass is 16.5. The molecule has 1 unspecified atom stereocenters. The molecule has 27 heavy (non-hydrogen) atoms. The van der Waals surface area contributed by atoms with Gasteiger partial charge in [0.2, 0.25) is 0 Å². The van der Waals surface area contributed by atoms with E-state index in [4.69, 9.17) is 4.74 Å². The zero-order chi connectivity index (χ0) is 20.0. The first kappa shape index (κ1) is 26.5. The Balaban J connectivity index is 3.88. The minimum absolute atomic E-state index is 0.0112. The Bertz CT molecular complexity index is 301. The van der Waals surface area contributed by atoms with E-state index in [0.717, 1.165) is 18.8 Å². The van der Waals surface area contributed by atoms with Crippen molar-refractivity contribution in [3.8, 4) is 0 Å². The van der Waals surface area contributed by atoms with Gasteiger partial charge >= 0.3 is 5.97 Å². The summed E-state index contributed by atoms with van der Waals surface area (Å²) in [5.74, 6) is 0.744. The van der Waals surface area contributed by atoms with Crippen molar-refractivity contribution in [2.24, 2.45) is 5.92 Å². The molecule has 162 valence electrons. The van der Waals surface area contributed by atoms with Gasteiger partial charge in [-0.3, -0.25) is 4.79 Å². The second-order valence-corrected chi connectivity index (χ2v) is 8.45. The number of carbonyl (C=O) groups excluding carboxylic acids is 1. The molecule has 0 spiro atoms. The summed E-state index contributed by atoms with van der Waals surface area (Å²) in [5.41, 5.74) is 0. The fourth-order valence-electron chi connectivity index (χ4n) is 3.83. The van der Waals surface area contributed by atoms with Gasteiger partial charge in [0.25, 0.3) is 0 Å². The van der Waals surface area contributed by atoms with Gasteiger partial charge in [0, 0.05) is 6.42 Å². The van der Waals surface area contributed by atoms with Crippen molar-refractivity contribution < 1.29 is 9.53 Å². The first-order chi connectivity index (χ1) is 13.2. The van der Waals surface area contributed by atoms with Gasteiger partial charge in [0.05, 0.1) is 6.61 Å². The summed E-state index contributed by atoms with van der Waals surface area (Å²) in [7, 11) is 0. The van der Waals surface area contributed by atoms with Crippen molar-refractivity contribution in [1.82, 2.24) is 0 Å². The maximum absolute atomic E-state index is 11.6. The Hall–Kier alpha value is -0.530. The number of hydrogen-bond acceptors (Lipinski definition) is 2. The van der Waals surface area contributed by atoms with E-state index in [-0.39, 0.29) is 5.97 Å². The fraction of sp³-hybridized carbons (Fsp3) is 0.960. The molecule has 0 radical (unpaired) electrons. The van der Waals surface area contributed by atoms with Gasteiger partial charge in [0.1, 0.15) is 0 Å². The van der Waals surface area contributed by atoms with Crippen LogP contribution in [-0.2, 0) is 9.53 Å². The van der Waals surface area contributed by atoms with E-state index in [1.54, 1.807) is 0 Å². The first-order valence-corrected chi connectivity index (χ1v) is 12.4. The lowest BCUT2D eigenvalue weighted by Gasteiger charge is -2.17. The Labute approximate surface area is 171 Å². The highest BCUT2D eigenvalue weighted by Gasteiger charge is 2.10. The highest BCUT2D eigenvalue weighted by Crippen LogP contribution is 2.22. The largest absolute Gasteiger partial charge is 0.466 e. The Morgan fingerprint density at radius 2 is 1.04 bits per heavy atom. The lowest BCUT2D eigenvalue weighted by Crippen LogP contribution is -2.10. The summed E-state index contributed by atoms with van der Waals surface area (Å²) in [6.45, 7) is 7.23. The van der Waals surface area contributed by atoms with E-state index in [1.807, 2.05) is 6.92 Å². The number of carbonyl (C=O) groups is 1. The lowest BCUT2D eigenvalue weighted by atomic mass is 9.91. The molecule has 1 atom stereocenters. The van der Waals surface area contributed by atoms with Crippen LogP contribution in [0.2, 0.25) is 0 Å². The van der Waals surface area contributed by atoms with Gasteiger partial charge in [-0.15, -0.1) is 0 Å². The number of rotatable bonds is 21. The summed E-state index contributed by atoms with van der Waals surface area (Å²) >= 11 is 0. The van der Waals surface area contributed by atoms with Crippen LogP contribution in [0, 0.1) is 5.92 Å². The van der Waals surface area contributed by atoms with Crippen molar-refractivity contribution in [1.29, 1.82) is 0 Å². The van der Waals surface area contributed by atoms with Crippen molar-refractivity contribution in [3.63, 3.8) is 0 Å². The highest BCUT2D eigenvalue weighted by molar-refractivity contribution is 5.69. The van der Waals surface area contributed by atoms with Gasteiger partial charge in [-0.25, -0.2) is 0 Å². The molecule has 0 aromatic rings. The quantitative estimate of drug-likeness (QED) is 0.147. The molecule has 0 heterocycles. The third-order valence-corrected chi connectivity index (χ3v) is 5.68. The van der Waals surface area contributed by atoms with Crippen LogP contribution in [0.1, 0.15) is 143 Å². The smallest absolute Gasteiger partial charge is 0.305 e. The van der Waals surface area contributed by atoms with Gasteiger partial charge in [-0.05, 0) is 18.8 Å². The van der Waals surface area contributed by atoms with Gasteiger partial charge < -0.3 is 4.74 Å². The second kappa shape index (κ2) is 21.8. The number of unbranched alkanes of at least 4 members (excludes halogenated alkanes) is 12. The maximum Gasteiger partial charge on any atom is 0.305 e. The molecule has 0 aliphatic carbocycles. The third-order valence-electron chi connectivity index (χ3n) is 5.68. The monoisotopic (exact) mass is 382 g/mol. The molecule has 2 nitrogen and oxygen atoms in total. The average molecular weight is 383 g/mol. The molecule has 0 aromatic heterocycles. The average Bonchev–Trinajstić information content (AvgIpc) is 2.66. The van der Waals surface area contributed by atoms with Crippen LogP contribution in [0.25, 0.3) is 0 Å². The second-order valence-electron chi connectivity index (χ2n) is 8.45. The van der Waals surface area contributed by atoms with E-state index in [0.29, 0.717) is 13.0 Å². The van der Waals surface area contributed by atoms with Crippen molar-refractivity contribution >= 4 is 5.97 Å². The van der Waals surface area contributed by atoms with Crippen molar-refractivity contribution in [2.45, 2.75) is 143 Å². The molecule has 0 fully saturated rings. The van der Waals surface area contributed by atoms with E-state index in [1.165, 1.54) is 103 Å². The van der Waals surface area contributed by atoms with Crippen molar-refractivity contribution in [2.75, 3.05) is 6.61 Å². The molecule has 0 bridgehead atoms. The molecule has 0 rings (SSSR count). The Morgan fingerprint density at radius 3 is 1.48 bits per heavy atom. The van der Waals surface area contributed by atoms with Gasteiger partial charge in [-0.1, -0.05) is 124 Å². The van der Waals surface area contributed by atoms with Crippen LogP contribution in [0.4, 0.5) is 0 Å². The van der Waals surface area contributed by atoms with Crippen LogP contribution >= 0.6 is 0 Å². The molecule has 0 aromatic carbocycles. The normalized spacial score (nSPS) is 12.3. The third kappa shape index (κ3) is 20.0. The molecule has 0 aliphatic rings. The van der Waals surface area contributed by atoms with E-state index >= 15 is 0 Å². The minimum Gasteiger partial charge on any atom is -0.466 e. The SMILES string of the molecule is CCCCCCCCCCC(CCCCCCCC)CCOC(=O)CCC. The number of ether oxygens (including phenoxy) is 1. The van der Waals surface area contributed by atoms with Crippen LogP contribution < -0.4 is 0 Å². The van der Waals surface area contributed by atoms with E-state index in [2.05, 4.69) is 13.8 Å². The van der Waals surface area contributed by atoms with Gasteiger partial charge in [0.15, 0.2) is 0 Å². The van der Waals surface area contributed by atoms with Crippen molar-refractivity contribution in [3.05, 3.63) is 0 Å². The topological polar surface area (TPSA) is 26.3 Å². The van der Waals surface area contributed by atoms with E-state index < -0.39 is 0 Å². The number of hydrogen-bond donors (Lipinski definition) is 0. The Morgan fingerprint density at radius 1 is 0.593 bits per heavy atom. The summed E-state index contributed by atoms with van der Waals surface area (Å²) in [6, 6.07) is 0. The zero-order valence-electron chi connectivity index (χ0n) is 19.0. The summed E-state index contributed by atoms with van der Waals surface area (Å²) in [6.07, 6.45) is 24.5. The molecule has 0 N–H and O–H groups in total. The number of esters is 1. The molecule has 2 heteroatoms. The van der Waals surface area contributed by atoms with E-state index in [9.17, 15) is 4.79 Å². The lowest BCUT2D eigenvalue weighted by molar-refractivity contribution is -0.144. The molecule has 0 amide bonds. The standard InChI is InChI=1S/C25H50O2/c1-4-7-9-11-13-14-16-18-21-24(20-17-15-12-10-8-5-2)22-23-27-25(26)19-6-3/h24H,4-23H2,1-3H3. The van der Waals surface area contributed by atoms with Crippen LogP contribution in [0.3, 0.4) is 0 Å². The predicted molar refractivity (Wildman–Crippen MR) is 119 cm³/mol. The maximum atomic E-state index is 11.6. The summed E-state index contributed by atoms with van der Waals surface area (Å²) in [5, 5.41) is 0. The summed E-state index contributed by atoms with van der Waals surface area (Å²) < 4.78 is 5.42. The van der Waals surface area contributed by atoms with Crippen LogP contribution in [-0.4, -0.2) is 12.6 Å². The van der Waals surface area contributed by atoms with Crippen LogP contribution in [0.5, 0.6) is 0 Å². The molecular weight excluding hydrogens is 332 g/mol. The summed E-state index contributed by atoms with van der Waals surface area (Å²) in [4.78, 5) is 11.6. The molecule has 0 saturated heterocycles.